The van der Waals surface area contributed by atoms with Crippen LogP contribution in [0, 0.1) is 23.2 Å². The lowest BCUT2D eigenvalue weighted by atomic mass is 9.63. The van der Waals surface area contributed by atoms with Crippen LogP contribution in [0.5, 0.6) is 0 Å². The Balaban J connectivity index is 1.41. The summed E-state index contributed by atoms with van der Waals surface area (Å²) in [6.45, 7) is 2.80. The van der Waals surface area contributed by atoms with Crippen molar-refractivity contribution < 1.29 is 9.53 Å². The number of hydrogen-bond donors (Lipinski definition) is 1. The zero-order valence-electron chi connectivity index (χ0n) is 17.6. The lowest BCUT2D eigenvalue weighted by molar-refractivity contribution is -0.129. The normalized spacial score (nSPS) is 43.3. The van der Waals surface area contributed by atoms with E-state index in [2.05, 4.69) is 42.2 Å². The van der Waals surface area contributed by atoms with Crippen LogP contribution in [0.4, 0.5) is 0 Å². The minimum absolute atomic E-state index is 0.127. The number of carbonyl (C=O) groups is 1. The van der Waals surface area contributed by atoms with Crippen molar-refractivity contribution in [2.24, 2.45) is 33.9 Å². The second-order valence-corrected chi connectivity index (χ2v) is 10.1. The Kier molecular flexibility index (Phi) is 4.90. The average Bonchev–Trinajstić information content (AvgIpc) is 3.11. The summed E-state index contributed by atoms with van der Waals surface area (Å²) in [6.07, 6.45) is 10.5. The molecule has 0 spiro atoms. The van der Waals surface area contributed by atoms with Gasteiger partial charge in [-0.25, -0.2) is 4.99 Å². The van der Waals surface area contributed by atoms with Gasteiger partial charge in [0.1, 0.15) is 0 Å². The van der Waals surface area contributed by atoms with Gasteiger partial charge >= 0.3 is 0 Å². The largest absolute Gasteiger partial charge is 0.378 e. The van der Waals surface area contributed by atoms with E-state index in [0.717, 1.165) is 58.0 Å². The van der Waals surface area contributed by atoms with Gasteiger partial charge in [-0.15, -0.1) is 0 Å². The zero-order chi connectivity index (χ0) is 20.1. The van der Waals surface area contributed by atoms with Gasteiger partial charge in [0.25, 0.3) is 5.91 Å². The van der Waals surface area contributed by atoms with E-state index in [0.29, 0.717) is 23.8 Å². The molecule has 4 bridgehead atoms. The summed E-state index contributed by atoms with van der Waals surface area (Å²) in [5.41, 5.74) is 7.25. The van der Waals surface area contributed by atoms with Crippen LogP contribution < -0.4 is 5.73 Å². The van der Waals surface area contributed by atoms with E-state index in [1.807, 2.05) is 6.21 Å². The number of rotatable bonds is 5. The third-order valence-electron chi connectivity index (χ3n) is 8.51. The van der Waals surface area contributed by atoms with Gasteiger partial charge in [-0.05, 0) is 81.1 Å². The third-order valence-corrected chi connectivity index (χ3v) is 8.51. The molecule has 5 aliphatic rings. The van der Waals surface area contributed by atoms with E-state index in [-0.39, 0.29) is 22.8 Å². The van der Waals surface area contributed by atoms with E-state index in [9.17, 15) is 4.79 Å². The first-order valence-electron chi connectivity index (χ1n) is 11.6. The molecule has 5 unspecified atom stereocenters. The maximum absolute atomic E-state index is 13.6. The molecule has 0 radical (unpaired) electrons. The molecular weight excluding hydrogens is 360 g/mol. The number of nitrogens with zero attached hydrogens (tertiary/aromatic N) is 1. The lowest BCUT2D eigenvalue weighted by Crippen LogP contribution is -2.39. The Bertz CT molecular complexity index is 785. The van der Waals surface area contributed by atoms with Crippen LogP contribution >= 0.6 is 0 Å². The highest BCUT2D eigenvalue weighted by molar-refractivity contribution is 5.91. The van der Waals surface area contributed by atoms with Crippen molar-refractivity contribution in [3.05, 3.63) is 35.9 Å². The molecule has 0 saturated heterocycles. The SMILES string of the molecule is CCOC1C2CC3(c4ccccc4)CC1C(C(=O)/N=C/C1CCC(N)CC1)(C2)C3. The Morgan fingerprint density at radius 3 is 2.66 bits per heavy atom. The van der Waals surface area contributed by atoms with Crippen LogP contribution in [0.2, 0.25) is 0 Å². The molecule has 2 N–H and O–H groups in total. The number of ether oxygens (including phenoxy) is 1. The fourth-order valence-electron chi connectivity index (χ4n) is 7.33. The Morgan fingerprint density at radius 1 is 1.17 bits per heavy atom. The minimum atomic E-state index is -0.319. The quantitative estimate of drug-likeness (QED) is 0.759. The molecule has 4 heteroatoms. The van der Waals surface area contributed by atoms with Gasteiger partial charge in [-0.1, -0.05) is 30.3 Å². The van der Waals surface area contributed by atoms with Crippen LogP contribution in [0.3, 0.4) is 0 Å². The summed E-state index contributed by atoms with van der Waals surface area (Å²) < 4.78 is 6.21. The number of benzene rings is 1. The smallest absolute Gasteiger partial charge is 0.251 e. The number of carbonyl (C=O) groups excluding carboxylic acids is 1. The molecule has 156 valence electrons. The monoisotopic (exact) mass is 394 g/mol. The van der Waals surface area contributed by atoms with E-state index >= 15 is 0 Å². The number of aliphatic imine (C=N–C) groups is 1. The maximum atomic E-state index is 13.6. The summed E-state index contributed by atoms with van der Waals surface area (Å²) in [5.74, 6) is 1.33. The van der Waals surface area contributed by atoms with Crippen molar-refractivity contribution >= 4 is 12.1 Å². The van der Waals surface area contributed by atoms with E-state index in [1.165, 1.54) is 5.56 Å². The van der Waals surface area contributed by atoms with E-state index in [1.54, 1.807) is 0 Å². The highest BCUT2D eigenvalue weighted by Crippen LogP contribution is 2.71. The second-order valence-electron chi connectivity index (χ2n) is 10.1. The highest BCUT2D eigenvalue weighted by Gasteiger charge is 2.71. The van der Waals surface area contributed by atoms with Crippen LogP contribution in [0.1, 0.15) is 63.9 Å². The van der Waals surface area contributed by atoms with Crippen LogP contribution in [-0.4, -0.2) is 30.9 Å². The summed E-state index contributed by atoms with van der Waals surface area (Å²) in [4.78, 5) is 18.2. The lowest BCUT2D eigenvalue weighted by Gasteiger charge is -2.42. The predicted molar refractivity (Wildman–Crippen MR) is 115 cm³/mol. The molecule has 1 aromatic rings. The Morgan fingerprint density at radius 2 is 1.93 bits per heavy atom. The molecule has 4 nitrogen and oxygen atoms in total. The summed E-state index contributed by atoms with van der Waals surface area (Å²) >= 11 is 0. The molecule has 5 fully saturated rings. The molecule has 1 amide bonds. The van der Waals surface area contributed by atoms with Crippen molar-refractivity contribution in [2.75, 3.05) is 6.61 Å². The summed E-state index contributed by atoms with van der Waals surface area (Å²) in [6, 6.07) is 11.2. The van der Waals surface area contributed by atoms with Crippen molar-refractivity contribution in [3.63, 3.8) is 0 Å². The molecule has 5 aliphatic carbocycles. The average molecular weight is 395 g/mol. The van der Waals surface area contributed by atoms with Crippen molar-refractivity contribution in [2.45, 2.75) is 75.9 Å². The first-order chi connectivity index (χ1) is 14.1. The molecule has 6 rings (SSSR count). The summed E-state index contributed by atoms with van der Waals surface area (Å²) in [7, 11) is 0. The fraction of sp³-hybridized carbons (Fsp3) is 0.680. The second kappa shape index (κ2) is 7.31. The number of nitrogens with two attached hydrogens (primary N) is 1. The van der Waals surface area contributed by atoms with Gasteiger partial charge in [0.15, 0.2) is 0 Å². The fourth-order valence-corrected chi connectivity index (χ4v) is 7.33. The van der Waals surface area contributed by atoms with Gasteiger partial charge < -0.3 is 10.5 Å². The molecule has 1 aromatic carbocycles. The van der Waals surface area contributed by atoms with Crippen LogP contribution in [0.25, 0.3) is 0 Å². The van der Waals surface area contributed by atoms with E-state index in [4.69, 9.17) is 10.5 Å². The molecule has 29 heavy (non-hydrogen) atoms. The standard InChI is InChI=1S/C25H34N2O2/c1-2-29-22-18-12-24(19-6-4-3-5-7-19)14-21(22)25(13-18,16-24)23(28)27-15-17-8-10-20(26)11-9-17/h3-7,15,17-18,20-22H,2,8-14,16,26H2,1H3/b27-15+. The predicted octanol–water partition coefficient (Wildman–Crippen LogP) is 4.26. The zero-order valence-corrected chi connectivity index (χ0v) is 17.6. The third kappa shape index (κ3) is 3.11. The molecule has 0 aliphatic heterocycles. The molecule has 0 aromatic heterocycles. The van der Waals surface area contributed by atoms with Gasteiger partial charge in [0.05, 0.1) is 11.5 Å². The Labute approximate surface area is 174 Å². The highest BCUT2D eigenvalue weighted by atomic mass is 16.5. The van der Waals surface area contributed by atoms with Gasteiger partial charge in [-0.2, -0.15) is 0 Å². The molecule has 5 saturated carbocycles. The molecule has 5 atom stereocenters. The van der Waals surface area contributed by atoms with Crippen LogP contribution in [0.15, 0.2) is 35.3 Å². The van der Waals surface area contributed by atoms with Gasteiger partial charge in [0, 0.05) is 24.8 Å². The minimum Gasteiger partial charge on any atom is -0.378 e. The molecule has 0 heterocycles. The maximum Gasteiger partial charge on any atom is 0.251 e. The van der Waals surface area contributed by atoms with Crippen molar-refractivity contribution in [3.8, 4) is 0 Å². The topological polar surface area (TPSA) is 64.7 Å². The van der Waals surface area contributed by atoms with Gasteiger partial charge in [-0.3, -0.25) is 4.79 Å². The Hall–Kier alpha value is -1.52. The number of hydrogen-bond acceptors (Lipinski definition) is 3. The summed E-state index contributed by atoms with van der Waals surface area (Å²) in [5, 5.41) is 0. The van der Waals surface area contributed by atoms with Gasteiger partial charge in [0.2, 0.25) is 0 Å². The number of amides is 1. The van der Waals surface area contributed by atoms with Crippen molar-refractivity contribution in [1.29, 1.82) is 0 Å². The van der Waals surface area contributed by atoms with E-state index < -0.39 is 0 Å². The first kappa shape index (κ1) is 19.4. The van der Waals surface area contributed by atoms with Crippen molar-refractivity contribution in [1.82, 2.24) is 0 Å². The first-order valence-corrected chi connectivity index (χ1v) is 11.6. The van der Waals surface area contributed by atoms with Crippen LogP contribution in [-0.2, 0) is 14.9 Å². The molecular formula is C25H34N2O2.